The standard InChI is InChI=1S/C12H27NO4S/c1-2-5-16-6-7-17-8-9-18-11-12(15)10-13-3-4-14/h12-15H,2-11H2,1H3. The third-order valence-corrected chi connectivity index (χ3v) is 3.15. The van der Waals surface area contributed by atoms with Gasteiger partial charge in [-0.1, -0.05) is 6.92 Å². The van der Waals surface area contributed by atoms with Crippen LogP contribution in [0, 0.1) is 0 Å². The molecule has 0 fully saturated rings. The van der Waals surface area contributed by atoms with Gasteiger partial charge in [-0.15, -0.1) is 0 Å². The van der Waals surface area contributed by atoms with E-state index in [1.165, 1.54) is 0 Å². The summed E-state index contributed by atoms with van der Waals surface area (Å²) in [5.74, 6) is 1.57. The molecule has 5 nitrogen and oxygen atoms in total. The molecular formula is C12H27NO4S. The van der Waals surface area contributed by atoms with Crippen LogP contribution >= 0.6 is 11.8 Å². The zero-order valence-corrected chi connectivity index (χ0v) is 12.1. The highest BCUT2D eigenvalue weighted by atomic mass is 32.2. The van der Waals surface area contributed by atoms with E-state index in [4.69, 9.17) is 14.6 Å². The van der Waals surface area contributed by atoms with Crippen LogP contribution in [0.15, 0.2) is 0 Å². The molecule has 0 saturated carbocycles. The lowest BCUT2D eigenvalue weighted by molar-refractivity contribution is 0.0541. The topological polar surface area (TPSA) is 71.0 Å². The second-order valence-electron chi connectivity index (χ2n) is 3.88. The lowest BCUT2D eigenvalue weighted by atomic mass is 10.4. The van der Waals surface area contributed by atoms with Gasteiger partial charge >= 0.3 is 0 Å². The van der Waals surface area contributed by atoms with Crippen molar-refractivity contribution in [1.29, 1.82) is 0 Å². The monoisotopic (exact) mass is 281 g/mol. The second-order valence-corrected chi connectivity index (χ2v) is 5.03. The maximum absolute atomic E-state index is 9.55. The average molecular weight is 281 g/mol. The summed E-state index contributed by atoms with van der Waals surface area (Å²) in [5.41, 5.74) is 0. The van der Waals surface area contributed by atoms with Crippen LogP contribution in [0.2, 0.25) is 0 Å². The summed E-state index contributed by atoms with van der Waals surface area (Å²) < 4.78 is 10.7. The van der Waals surface area contributed by atoms with Crippen molar-refractivity contribution in [3.63, 3.8) is 0 Å². The van der Waals surface area contributed by atoms with Gasteiger partial charge in [0.2, 0.25) is 0 Å². The van der Waals surface area contributed by atoms with Gasteiger partial charge in [-0.05, 0) is 6.42 Å². The molecule has 0 aliphatic rings. The Bertz CT molecular complexity index is 163. The minimum atomic E-state index is -0.366. The van der Waals surface area contributed by atoms with Gasteiger partial charge in [0.15, 0.2) is 0 Å². The number of thioether (sulfide) groups is 1. The van der Waals surface area contributed by atoms with E-state index in [-0.39, 0.29) is 12.7 Å². The quantitative estimate of drug-likeness (QED) is 0.393. The molecule has 0 aliphatic heterocycles. The molecule has 6 heteroatoms. The molecule has 1 unspecified atom stereocenters. The molecule has 0 radical (unpaired) electrons. The van der Waals surface area contributed by atoms with Gasteiger partial charge in [-0.2, -0.15) is 11.8 Å². The number of rotatable bonds is 14. The molecule has 0 heterocycles. The smallest absolute Gasteiger partial charge is 0.0754 e. The third-order valence-electron chi connectivity index (χ3n) is 2.07. The molecule has 18 heavy (non-hydrogen) atoms. The van der Waals surface area contributed by atoms with Crippen molar-refractivity contribution in [2.24, 2.45) is 0 Å². The summed E-state index contributed by atoms with van der Waals surface area (Å²) in [6.45, 7) is 6.03. The van der Waals surface area contributed by atoms with Crippen LogP contribution < -0.4 is 5.32 Å². The predicted molar refractivity (Wildman–Crippen MR) is 75.2 cm³/mol. The largest absolute Gasteiger partial charge is 0.395 e. The first-order valence-electron chi connectivity index (χ1n) is 6.54. The Morgan fingerprint density at radius 1 is 1.17 bits per heavy atom. The number of aliphatic hydroxyl groups excluding tert-OH is 2. The van der Waals surface area contributed by atoms with E-state index in [0.29, 0.717) is 38.7 Å². The van der Waals surface area contributed by atoms with Gasteiger partial charge < -0.3 is 25.0 Å². The number of ether oxygens (including phenoxy) is 2. The number of hydrogen-bond donors (Lipinski definition) is 3. The lowest BCUT2D eigenvalue weighted by Gasteiger charge is -2.11. The highest BCUT2D eigenvalue weighted by molar-refractivity contribution is 7.99. The average Bonchev–Trinajstić information content (AvgIpc) is 2.37. The number of hydrogen-bond acceptors (Lipinski definition) is 6. The first kappa shape index (κ1) is 18.1. The Hall–Kier alpha value is 0.150. The fourth-order valence-corrected chi connectivity index (χ4v) is 2.00. The molecule has 1 atom stereocenters. The predicted octanol–water partition coefficient (Wildman–Crippen LogP) is 0.106. The van der Waals surface area contributed by atoms with Crippen molar-refractivity contribution in [2.45, 2.75) is 19.4 Å². The highest BCUT2D eigenvalue weighted by Gasteiger charge is 2.02. The Labute approximate surface area is 114 Å². The fourth-order valence-electron chi connectivity index (χ4n) is 1.21. The Kier molecular flexibility index (Phi) is 15.3. The van der Waals surface area contributed by atoms with Crippen LogP contribution in [0.25, 0.3) is 0 Å². The number of nitrogens with one attached hydrogen (secondary N) is 1. The fraction of sp³-hybridized carbons (Fsp3) is 1.00. The van der Waals surface area contributed by atoms with Gasteiger partial charge in [0.1, 0.15) is 0 Å². The van der Waals surface area contributed by atoms with Gasteiger partial charge in [0, 0.05) is 31.2 Å². The Balaban J connectivity index is 3.05. The summed E-state index contributed by atoms with van der Waals surface area (Å²) in [6, 6.07) is 0. The Morgan fingerprint density at radius 2 is 1.89 bits per heavy atom. The van der Waals surface area contributed by atoms with Crippen LogP contribution in [0.5, 0.6) is 0 Å². The summed E-state index contributed by atoms with van der Waals surface area (Å²) in [6.07, 6.45) is 0.673. The molecule has 0 bridgehead atoms. The van der Waals surface area contributed by atoms with Crippen molar-refractivity contribution in [3.05, 3.63) is 0 Å². The summed E-state index contributed by atoms with van der Waals surface area (Å²) in [4.78, 5) is 0. The van der Waals surface area contributed by atoms with E-state index in [1.54, 1.807) is 11.8 Å². The maximum Gasteiger partial charge on any atom is 0.0754 e. The molecule has 0 spiro atoms. The Morgan fingerprint density at radius 3 is 2.56 bits per heavy atom. The minimum Gasteiger partial charge on any atom is -0.395 e. The van der Waals surface area contributed by atoms with Crippen molar-refractivity contribution >= 4 is 11.8 Å². The molecule has 110 valence electrons. The lowest BCUT2D eigenvalue weighted by Crippen LogP contribution is -2.30. The first-order chi connectivity index (χ1) is 8.81. The van der Waals surface area contributed by atoms with Crippen molar-refractivity contribution in [2.75, 3.05) is 57.6 Å². The van der Waals surface area contributed by atoms with E-state index in [2.05, 4.69) is 12.2 Å². The molecule has 0 aromatic heterocycles. The van der Waals surface area contributed by atoms with Crippen LogP contribution in [0.4, 0.5) is 0 Å². The van der Waals surface area contributed by atoms with E-state index in [0.717, 1.165) is 18.8 Å². The van der Waals surface area contributed by atoms with E-state index in [9.17, 15) is 5.11 Å². The zero-order chi connectivity index (χ0) is 13.5. The summed E-state index contributed by atoms with van der Waals surface area (Å²) in [7, 11) is 0. The van der Waals surface area contributed by atoms with E-state index < -0.39 is 0 Å². The van der Waals surface area contributed by atoms with Crippen LogP contribution in [0.1, 0.15) is 13.3 Å². The van der Waals surface area contributed by atoms with Crippen molar-refractivity contribution < 1.29 is 19.7 Å². The zero-order valence-electron chi connectivity index (χ0n) is 11.3. The van der Waals surface area contributed by atoms with Crippen LogP contribution in [-0.4, -0.2) is 73.9 Å². The third kappa shape index (κ3) is 14.2. The number of aliphatic hydroxyl groups is 2. The van der Waals surface area contributed by atoms with Crippen LogP contribution in [0.3, 0.4) is 0 Å². The van der Waals surface area contributed by atoms with E-state index in [1.807, 2.05) is 0 Å². The van der Waals surface area contributed by atoms with Gasteiger partial charge in [-0.3, -0.25) is 0 Å². The molecule has 3 N–H and O–H groups in total. The van der Waals surface area contributed by atoms with Crippen molar-refractivity contribution in [1.82, 2.24) is 5.32 Å². The SMILES string of the molecule is CCCOCCOCCSCC(O)CNCCO. The maximum atomic E-state index is 9.55. The molecule has 0 aromatic carbocycles. The minimum absolute atomic E-state index is 0.105. The van der Waals surface area contributed by atoms with Gasteiger partial charge in [0.25, 0.3) is 0 Å². The first-order valence-corrected chi connectivity index (χ1v) is 7.69. The normalized spacial score (nSPS) is 12.8. The van der Waals surface area contributed by atoms with Gasteiger partial charge in [0.05, 0.1) is 32.5 Å². The molecule has 0 rings (SSSR count). The van der Waals surface area contributed by atoms with Crippen LogP contribution in [-0.2, 0) is 9.47 Å². The molecule has 0 amide bonds. The highest BCUT2D eigenvalue weighted by Crippen LogP contribution is 2.02. The molecule has 0 saturated heterocycles. The molecular weight excluding hydrogens is 254 g/mol. The molecule has 0 aromatic rings. The summed E-state index contributed by atoms with van der Waals surface area (Å²) in [5, 5.41) is 21.1. The van der Waals surface area contributed by atoms with Crippen molar-refractivity contribution in [3.8, 4) is 0 Å². The van der Waals surface area contributed by atoms with E-state index >= 15 is 0 Å². The molecule has 0 aliphatic carbocycles. The summed E-state index contributed by atoms with van der Waals surface area (Å²) >= 11 is 1.67. The van der Waals surface area contributed by atoms with Gasteiger partial charge in [-0.25, -0.2) is 0 Å². The second kappa shape index (κ2) is 15.2.